The van der Waals surface area contributed by atoms with E-state index in [0.717, 1.165) is 11.1 Å². The van der Waals surface area contributed by atoms with Crippen molar-refractivity contribution in [2.45, 2.75) is 13.8 Å². The number of carbonyl (C=O) groups excluding carboxylic acids is 2. The number of aryl methyl sites for hydroxylation is 2. The van der Waals surface area contributed by atoms with Crippen molar-refractivity contribution in [2.24, 2.45) is 0 Å². The van der Waals surface area contributed by atoms with Gasteiger partial charge in [-0.3, -0.25) is 19.7 Å². The van der Waals surface area contributed by atoms with Gasteiger partial charge in [0, 0.05) is 28.9 Å². The zero-order valence-corrected chi connectivity index (χ0v) is 16.5. The van der Waals surface area contributed by atoms with E-state index >= 15 is 0 Å². The molecule has 0 unspecified atom stereocenters. The molecule has 1 amide bonds. The molecule has 0 spiro atoms. The van der Waals surface area contributed by atoms with Crippen molar-refractivity contribution in [3.05, 3.63) is 99.1 Å². The van der Waals surface area contributed by atoms with E-state index in [4.69, 9.17) is 4.74 Å². The van der Waals surface area contributed by atoms with Crippen molar-refractivity contribution in [2.75, 3.05) is 11.9 Å². The second kappa shape index (κ2) is 9.00. The molecule has 0 radical (unpaired) electrons. The lowest BCUT2D eigenvalue weighted by Gasteiger charge is -2.09. The first kappa shape index (κ1) is 20.7. The normalized spacial score (nSPS) is 10.3. The fourth-order valence-corrected chi connectivity index (χ4v) is 2.72. The van der Waals surface area contributed by atoms with Crippen LogP contribution in [0.4, 0.5) is 11.4 Å². The summed E-state index contributed by atoms with van der Waals surface area (Å²) in [6.07, 6.45) is 0. The number of ether oxygens (including phenoxy) is 1. The van der Waals surface area contributed by atoms with Crippen molar-refractivity contribution in [3.63, 3.8) is 0 Å². The Morgan fingerprint density at radius 2 is 1.53 bits per heavy atom. The Bertz CT molecular complexity index is 1090. The molecule has 0 aliphatic rings. The molecule has 0 aliphatic heterocycles. The van der Waals surface area contributed by atoms with Crippen LogP contribution >= 0.6 is 0 Å². The number of nitro groups is 1. The van der Waals surface area contributed by atoms with E-state index in [1.54, 1.807) is 30.3 Å². The van der Waals surface area contributed by atoms with E-state index in [0.29, 0.717) is 22.6 Å². The Balaban J connectivity index is 1.56. The minimum atomic E-state index is -0.523. The number of ketones is 1. The third-order valence-corrected chi connectivity index (χ3v) is 4.65. The third kappa shape index (κ3) is 5.08. The zero-order chi connectivity index (χ0) is 21.7. The van der Waals surface area contributed by atoms with Crippen LogP contribution < -0.4 is 10.1 Å². The molecule has 0 aliphatic carbocycles. The molecule has 3 aromatic carbocycles. The maximum Gasteiger partial charge on any atom is 0.269 e. The van der Waals surface area contributed by atoms with Crippen molar-refractivity contribution < 1.29 is 19.2 Å². The van der Waals surface area contributed by atoms with Gasteiger partial charge in [-0.2, -0.15) is 0 Å². The fourth-order valence-electron chi connectivity index (χ4n) is 2.72. The second-order valence-electron chi connectivity index (χ2n) is 6.79. The first-order chi connectivity index (χ1) is 14.3. The van der Waals surface area contributed by atoms with Crippen LogP contribution in [-0.4, -0.2) is 23.2 Å². The summed E-state index contributed by atoms with van der Waals surface area (Å²) in [6, 6.07) is 17.5. The zero-order valence-electron chi connectivity index (χ0n) is 16.5. The number of benzene rings is 3. The van der Waals surface area contributed by atoms with Gasteiger partial charge >= 0.3 is 0 Å². The van der Waals surface area contributed by atoms with Gasteiger partial charge in [-0.25, -0.2) is 0 Å². The minimum Gasteiger partial charge on any atom is -0.485 e. The van der Waals surface area contributed by atoms with Gasteiger partial charge in [0.25, 0.3) is 11.6 Å². The highest BCUT2D eigenvalue weighted by Crippen LogP contribution is 2.18. The van der Waals surface area contributed by atoms with Crippen LogP contribution in [0.5, 0.6) is 5.75 Å². The molecule has 0 saturated heterocycles. The predicted octanol–water partition coefficient (Wildman–Crippen LogP) is 4.73. The molecule has 152 valence electrons. The first-order valence-electron chi connectivity index (χ1n) is 9.22. The van der Waals surface area contributed by atoms with Gasteiger partial charge in [0.05, 0.1) is 4.92 Å². The lowest BCUT2D eigenvalue weighted by molar-refractivity contribution is -0.384. The Morgan fingerprint density at radius 3 is 2.13 bits per heavy atom. The van der Waals surface area contributed by atoms with Gasteiger partial charge in [-0.15, -0.1) is 0 Å². The number of hydrogen-bond donors (Lipinski definition) is 1. The molecule has 0 heterocycles. The van der Waals surface area contributed by atoms with E-state index in [1.165, 1.54) is 24.3 Å². The lowest BCUT2D eigenvalue weighted by atomic mass is 10.0. The van der Waals surface area contributed by atoms with E-state index in [1.807, 2.05) is 26.0 Å². The molecule has 30 heavy (non-hydrogen) atoms. The number of nitro benzene ring substituents is 1. The molecular weight excluding hydrogens is 384 g/mol. The number of anilines is 1. The van der Waals surface area contributed by atoms with Crippen LogP contribution in [0, 0.1) is 24.0 Å². The Labute approximate surface area is 173 Å². The van der Waals surface area contributed by atoms with Gasteiger partial charge in [0.15, 0.2) is 12.4 Å². The molecule has 0 fully saturated rings. The quantitative estimate of drug-likeness (QED) is 0.349. The summed E-state index contributed by atoms with van der Waals surface area (Å²) in [6.45, 7) is 3.86. The largest absolute Gasteiger partial charge is 0.485 e. The monoisotopic (exact) mass is 404 g/mol. The van der Waals surface area contributed by atoms with Gasteiger partial charge < -0.3 is 10.1 Å². The van der Waals surface area contributed by atoms with Crippen LogP contribution in [0.15, 0.2) is 66.7 Å². The molecule has 0 atom stereocenters. The number of nitrogens with one attached hydrogen (secondary N) is 1. The summed E-state index contributed by atoms with van der Waals surface area (Å²) in [5, 5.41) is 13.4. The molecule has 3 rings (SSSR count). The average Bonchev–Trinajstić information content (AvgIpc) is 2.75. The van der Waals surface area contributed by atoms with Gasteiger partial charge in [0.2, 0.25) is 0 Å². The summed E-state index contributed by atoms with van der Waals surface area (Å²) < 4.78 is 5.55. The highest BCUT2D eigenvalue weighted by Gasteiger charge is 2.11. The van der Waals surface area contributed by atoms with E-state index in [2.05, 4.69) is 5.32 Å². The average molecular weight is 404 g/mol. The molecule has 1 N–H and O–H groups in total. The summed E-state index contributed by atoms with van der Waals surface area (Å²) >= 11 is 0. The van der Waals surface area contributed by atoms with Gasteiger partial charge in [0.1, 0.15) is 5.75 Å². The topological polar surface area (TPSA) is 98.5 Å². The third-order valence-electron chi connectivity index (χ3n) is 4.65. The van der Waals surface area contributed by atoms with Crippen LogP contribution in [0.3, 0.4) is 0 Å². The first-order valence-corrected chi connectivity index (χ1v) is 9.22. The standard InChI is InChI=1S/C23H20N2O5/c1-15-3-4-18(13-16(15)2)22(26)14-30-21-11-7-19(8-12-21)24-23(27)17-5-9-20(10-6-17)25(28)29/h3-13H,14H2,1-2H3,(H,24,27). The smallest absolute Gasteiger partial charge is 0.269 e. The van der Waals surface area contributed by atoms with E-state index in [-0.39, 0.29) is 24.0 Å². The summed E-state index contributed by atoms with van der Waals surface area (Å²) in [7, 11) is 0. The Kier molecular flexibility index (Phi) is 6.22. The highest BCUT2D eigenvalue weighted by atomic mass is 16.6. The number of carbonyl (C=O) groups is 2. The van der Waals surface area contributed by atoms with Gasteiger partial charge in [-0.05, 0) is 67.4 Å². The van der Waals surface area contributed by atoms with Crippen molar-refractivity contribution in [1.82, 2.24) is 0 Å². The van der Waals surface area contributed by atoms with Crippen molar-refractivity contribution in [1.29, 1.82) is 0 Å². The Hall–Kier alpha value is -4.00. The van der Waals surface area contributed by atoms with Crippen molar-refractivity contribution >= 4 is 23.1 Å². The highest BCUT2D eigenvalue weighted by molar-refractivity contribution is 6.04. The number of hydrogen-bond acceptors (Lipinski definition) is 5. The SMILES string of the molecule is Cc1ccc(C(=O)COc2ccc(NC(=O)c3ccc([N+](=O)[O-])cc3)cc2)cc1C. The number of amides is 1. The minimum absolute atomic E-state index is 0.0802. The predicted molar refractivity (Wildman–Crippen MR) is 113 cm³/mol. The van der Waals surface area contributed by atoms with Gasteiger partial charge in [-0.1, -0.05) is 12.1 Å². The van der Waals surface area contributed by atoms with Crippen LogP contribution in [-0.2, 0) is 0 Å². The molecule has 7 nitrogen and oxygen atoms in total. The van der Waals surface area contributed by atoms with Crippen LogP contribution in [0.2, 0.25) is 0 Å². The molecule has 0 aromatic heterocycles. The maximum absolute atomic E-state index is 12.3. The molecule has 0 saturated carbocycles. The molecule has 3 aromatic rings. The van der Waals surface area contributed by atoms with Crippen LogP contribution in [0.1, 0.15) is 31.8 Å². The number of rotatable bonds is 7. The van der Waals surface area contributed by atoms with E-state index in [9.17, 15) is 19.7 Å². The fraction of sp³-hybridized carbons (Fsp3) is 0.130. The van der Waals surface area contributed by atoms with E-state index < -0.39 is 4.92 Å². The second-order valence-corrected chi connectivity index (χ2v) is 6.79. The molecule has 0 bridgehead atoms. The number of nitrogens with zero attached hydrogens (tertiary/aromatic N) is 1. The molecular formula is C23H20N2O5. The lowest BCUT2D eigenvalue weighted by Crippen LogP contribution is -2.13. The van der Waals surface area contributed by atoms with Crippen molar-refractivity contribution in [3.8, 4) is 5.75 Å². The summed E-state index contributed by atoms with van der Waals surface area (Å²) in [5.74, 6) is -0.00217. The maximum atomic E-state index is 12.3. The summed E-state index contributed by atoms with van der Waals surface area (Å²) in [5.41, 5.74) is 3.53. The molecule has 7 heteroatoms. The number of Topliss-reactive ketones (excluding diaryl/α,β-unsaturated/α-hetero) is 1. The number of non-ortho nitro benzene ring substituents is 1. The van der Waals surface area contributed by atoms with Crippen LogP contribution in [0.25, 0.3) is 0 Å². The summed E-state index contributed by atoms with van der Waals surface area (Å²) in [4.78, 5) is 34.7. The Morgan fingerprint density at radius 1 is 0.900 bits per heavy atom.